The summed E-state index contributed by atoms with van der Waals surface area (Å²) in [7, 11) is 0. The molecule has 2 aliphatic heterocycles. The highest BCUT2D eigenvalue weighted by Gasteiger charge is 2.42. The molecule has 3 amide bonds. The molecule has 30 heavy (non-hydrogen) atoms. The van der Waals surface area contributed by atoms with Gasteiger partial charge in [-0.3, -0.25) is 9.69 Å². The van der Waals surface area contributed by atoms with Gasteiger partial charge in [0.15, 0.2) is 0 Å². The number of halogens is 1. The van der Waals surface area contributed by atoms with Gasteiger partial charge in [-0.1, -0.05) is 35.9 Å². The SMILES string of the molecule is Cc1cccc(NC(=O)CN2C(=O)NC(c3ccc(Cl)cc3)C3=C2COC3=O)c1C. The Morgan fingerprint density at radius 1 is 1.20 bits per heavy atom. The van der Waals surface area contributed by atoms with Crippen LogP contribution in [-0.2, 0) is 14.3 Å². The van der Waals surface area contributed by atoms with Gasteiger partial charge in [0.05, 0.1) is 17.3 Å². The molecule has 2 aromatic carbocycles. The van der Waals surface area contributed by atoms with Gasteiger partial charge >= 0.3 is 12.0 Å². The van der Waals surface area contributed by atoms with E-state index in [2.05, 4.69) is 10.6 Å². The Morgan fingerprint density at radius 3 is 2.67 bits per heavy atom. The summed E-state index contributed by atoms with van der Waals surface area (Å²) >= 11 is 5.94. The maximum absolute atomic E-state index is 12.8. The third-order valence-corrected chi connectivity index (χ3v) is 5.63. The van der Waals surface area contributed by atoms with Crippen LogP contribution in [0, 0.1) is 13.8 Å². The van der Waals surface area contributed by atoms with Crippen molar-refractivity contribution in [1.29, 1.82) is 0 Å². The first-order valence-electron chi connectivity index (χ1n) is 9.45. The fraction of sp³-hybridized carbons (Fsp3) is 0.227. The van der Waals surface area contributed by atoms with Crippen LogP contribution >= 0.6 is 11.6 Å². The van der Waals surface area contributed by atoms with Crippen LogP contribution in [0.5, 0.6) is 0 Å². The van der Waals surface area contributed by atoms with Crippen molar-refractivity contribution in [1.82, 2.24) is 10.2 Å². The van der Waals surface area contributed by atoms with E-state index in [1.807, 2.05) is 26.0 Å². The van der Waals surface area contributed by atoms with Gasteiger partial charge in [-0.15, -0.1) is 0 Å². The molecule has 2 aromatic rings. The topological polar surface area (TPSA) is 87.7 Å². The molecule has 0 saturated carbocycles. The summed E-state index contributed by atoms with van der Waals surface area (Å²) in [5.74, 6) is -0.875. The number of urea groups is 1. The fourth-order valence-electron chi connectivity index (χ4n) is 3.60. The van der Waals surface area contributed by atoms with Crippen LogP contribution in [-0.4, -0.2) is 36.0 Å². The second-order valence-corrected chi connectivity index (χ2v) is 7.69. The number of benzene rings is 2. The maximum atomic E-state index is 12.8. The fourth-order valence-corrected chi connectivity index (χ4v) is 3.73. The number of anilines is 1. The molecule has 1 atom stereocenters. The number of aryl methyl sites for hydroxylation is 1. The van der Waals surface area contributed by atoms with E-state index < -0.39 is 18.0 Å². The van der Waals surface area contributed by atoms with E-state index in [1.54, 1.807) is 30.3 Å². The number of hydrogen-bond donors (Lipinski definition) is 2. The van der Waals surface area contributed by atoms with Crippen molar-refractivity contribution in [3.63, 3.8) is 0 Å². The number of hydrogen-bond acceptors (Lipinski definition) is 4. The summed E-state index contributed by atoms with van der Waals surface area (Å²) < 4.78 is 5.18. The molecule has 2 aliphatic rings. The predicted octanol–water partition coefficient (Wildman–Crippen LogP) is 3.47. The third kappa shape index (κ3) is 3.64. The minimum Gasteiger partial charge on any atom is -0.456 e. The lowest BCUT2D eigenvalue weighted by Crippen LogP contribution is -2.49. The molecule has 0 bridgehead atoms. The zero-order chi connectivity index (χ0) is 21.4. The molecular weight excluding hydrogens is 406 g/mol. The van der Waals surface area contributed by atoms with E-state index in [9.17, 15) is 14.4 Å². The Labute approximate surface area is 178 Å². The number of nitrogens with one attached hydrogen (secondary N) is 2. The Morgan fingerprint density at radius 2 is 1.93 bits per heavy atom. The van der Waals surface area contributed by atoms with Crippen molar-refractivity contribution in [2.24, 2.45) is 0 Å². The minimum absolute atomic E-state index is 0.0531. The zero-order valence-corrected chi connectivity index (χ0v) is 17.2. The zero-order valence-electron chi connectivity index (χ0n) is 16.5. The molecule has 7 nitrogen and oxygen atoms in total. The van der Waals surface area contributed by atoms with Crippen LogP contribution in [0.25, 0.3) is 0 Å². The molecule has 4 rings (SSSR count). The molecule has 0 aromatic heterocycles. The van der Waals surface area contributed by atoms with E-state index in [4.69, 9.17) is 16.3 Å². The van der Waals surface area contributed by atoms with Crippen molar-refractivity contribution >= 4 is 35.2 Å². The number of nitrogens with zero attached hydrogens (tertiary/aromatic N) is 1. The van der Waals surface area contributed by atoms with Gasteiger partial charge < -0.3 is 15.4 Å². The Bertz CT molecular complexity index is 1080. The number of esters is 1. The Hall–Kier alpha value is -3.32. The van der Waals surface area contributed by atoms with Gasteiger partial charge in [-0.05, 0) is 48.7 Å². The van der Waals surface area contributed by atoms with Crippen molar-refractivity contribution in [2.75, 3.05) is 18.5 Å². The molecular formula is C22H20ClN3O4. The average molecular weight is 426 g/mol. The molecule has 1 unspecified atom stereocenters. The summed E-state index contributed by atoms with van der Waals surface area (Å²) in [4.78, 5) is 39.1. The number of carbonyl (C=O) groups is 3. The van der Waals surface area contributed by atoms with Gasteiger partial charge in [0.25, 0.3) is 0 Å². The lowest BCUT2D eigenvalue weighted by atomic mass is 9.96. The summed E-state index contributed by atoms with van der Waals surface area (Å²) in [6.07, 6.45) is 0. The highest BCUT2D eigenvalue weighted by Crippen LogP contribution is 2.35. The van der Waals surface area contributed by atoms with Crippen LogP contribution < -0.4 is 10.6 Å². The predicted molar refractivity (Wildman–Crippen MR) is 112 cm³/mol. The van der Waals surface area contributed by atoms with Crippen LogP contribution in [0.2, 0.25) is 5.02 Å². The standard InChI is InChI=1S/C22H20ClN3O4/c1-12-4-3-5-16(13(12)2)24-18(27)10-26-17-11-30-21(28)19(17)20(25-22(26)29)14-6-8-15(23)9-7-14/h3-9,20H,10-11H2,1-2H3,(H,24,27)(H,25,29). The first-order valence-corrected chi connectivity index (χ1v) is 9.82. The van der Waals surface area contributed by atoms with E-state index in [-0.39, 0.29) is 19.1 Å². The molecule has 0 spiro atoms. The summed E-state index contributed by atoms with van der Waals surface area (Å²) in [5.41, 5.74) is 4.13. The van der Waals surface area contributed by atoms with Crippen LogP contribution in [0.4, 0.5) is 10.5 Å². The third-order valence-electron chi connectivity index (χ3n) is 5.38. The van der Waals surface area contributed by atoms with Crippen LogP contribution in [0.1, 0.15) is 22.7 Å². The van der Waals surface area contributed by atoms with Crippen LogP contribution in [0.3, 0.4) is 0 Å². The second kappa shape index (κ2) is 7.84. The molecule has 2 N–H and O–H groups in total. The lowest BCUT2D eigenvalue weighted by Gasteiger charge is -2.32. The number of ether oxygens (including phenoxy) is 1. The van der Waals surface area contributed by atoms with E-state index >= 15 is 0 Å². The largest absolute Gasteiger partial charge is 0.456 e. The Balaban J connectivity index is 1.60. The van der Waals surface area contributed by atoms with E-state index in [0.717, 1.165) is 11.1 Å². The van der Waals surface area contributed by atoms with Gasteiger partial charge in [0, 0.05) is 10.7 Å². The summed E-state index contributed by atoms with van der Waals surface area (Å²) in [6, 6.07) is 11.4. The monoisotopic (exact) mass is 425 g/mol. The molecule has 0 radical (unpaired) electrons. The van der Waals surface area contributed by atoms with Gasteiger partial charge in [0.2, 0.25) is 5.91 Å². The molecule has 0 aliphatic carbocycles. The quantitative estimate of drug-likeness (QED) is 0.734. The van der Waals surface area contributed by atoms with Gasteiger partial charge in [-0.25, -0.2) is 9.59 Å². The first-order chi connectivity index (χ1) is 14.3. The molecule has 8 heteroatoms. The first kappa shape index (κ1) is 20.0. The van der Waals surface area contributed by atoms with Gasteiger partial charge in [-0.2, -0.15) is 0 Å². The van der Waals surface area contributed by atoms with Crippen molar-refractivity contribution < 1.29 is 19.1 Å². The lowest BCUT2D eigenvalue weighted by molar-refractivity contribution is -0.136. The highest BCUT2D eigenvalue weighted by molar-refractivity contribution is 6.30. The maximum Gasteiger partial charge on any atom is 0.338 e. The van der Waals surface area contributed by atoms with Crippen molar-refractivity contribution in [3.8, 4) is 0 Å². The molecule has 0 saturated heterocycles. The number of amides is 3. The minimum atomic E-state index is -0.655. The van der Waals surface area contributed by atoms with Crippen molar-refractivity contribution in [3.05, 3.63) is 75.4 Å². The van der Waals surface area contributed by atoms with E-state index in [1.165, 1.54) is 4.90 Å². The second-order valence-electron chi connectivity index (χ2n) is 7.25. The summed E-state index contributed by atoms with van der Waals surface area (Å²) in [5, 5.41) is 6.18. The smallest absolute Gasteiger partial charge is 0.338 e. The van der Waals surface area contributed by atoms with Gasteiger partial charge in [0.1, 0.15) is 13.2 Å². The normalized spacial score (nSPS) is 18.1. The molecule has 0 fully saturated rings. The summed E-state index contributed by atoms with van der Waals surface area (Å²) in [6.45, 7) is 3.59. The number of rotatable bonds is 4. The molecule has 2 heterocycles. The Kier molecular flexibility index (Phi) is 5.22. The van der Waals surface area contributed by atoms with E-state index in [0.29, 0.717) is 27.5 Å². The van der Waals surface area contributed by atoms with Crippen molar-refractivity contribution in [2.45, 2.75) is 19.9 Å². The van der Waals surface area contributed by atoms with Crippen LogP contribution in [0.15, 0.2) is 53.7 Å². The highest BCUT2D eigenvalue weighted by atomic mass is 35.5. The number of cyclic esters (lactones) is 1. The number of carbonyl (C=O) groups excluding carboxylic acids is 3. The average Bonchev–Trinajstić information content (AvgIpc) is 3.10. The molecule has 154 valence electrons.